The average molecular weight is 404 g/mol. The molecule has 0 saturated carbocycles. The van der Waals surface area contributed by atoms with Crippen LogP contribution in [0.1, 0.15) is 34.2 Å². The Kier molecular flexibility index (Phi) is 4.20. The van der Waals surface area contributed by atoms with E-state index in [1.807, 2.05) is 18.4 Å². The first-order valence-electron chi connectivity index (χ1n) is 10.1. The normalized spacial score (nSPS) is 13.8. The number of pyridine rings is 2. The molecule has 7 heteroatoms. The maximum absolute atomic E-state index is 13.8. The van der Waals surface area contributed by atoms with Crippen LogP contribution >= 0.6 is 0 Å². The molecule has 5 rings (SSSR count). The van der Waals surface area contributed by atoms with E-state index in [9.17, 15) is 14.0 Å². The van der Waals surface area contributed by atoms with E-state index in [1.165, 1.54) is 12.1 Å². The molecule has 30 heavy (non-hydrogen) atoms. The number of nitrogens with one attached hydrogen (secondary N) is 1. The van der Waals surface area contributed by atoms with Crippen molar-refractivity contribution in [2.45, 2.75) is 33.4 Å². The predicted octanol–water partition coefficient (Wildman–Crippen LogP) is 3.54. The second-order valence-electron chi connectivity index (χ2n) is 7.73. The third-order valence-corrected chi connectivity index (χ3v) is 5.86. The van der Waals surface area contributed by atoms with Crippen LogP contribution in [0.2, 0.25) is 0 Å². The van der Waals surface area contributed by atoms with Gasteiger partial charge < -0.3 is 14.5 Å². The van der Waals surface area contributed by atoms with Crippen LogP contribution in [0.25, 0.3) is 21.9 Å². The summed E-state index contributed by atoms with van der Waals surface area (Å²) < 4.78 is 15.6. The van der Waals surface area contributed by atoms with Gasteiger partial charge in [-0.15, -0.1) is 0 Å². The van der Waals surface area contributed by atoms with Gasteiger partial charge in [-0.05, 0) is 44.2 Å². The van der Waals surface area contributed by atoms with Crippen LogP contribution in [0.15, 0.2) is 41.3 Å². The van der Waals surface area contributed by atoms with Crippen molar-refractivity contribution in [2.24, 2.45) is 0 Å². The van der Waals surface area contributed by atoms with E-state index in [2.05, 4.69) is 9.97 Å². The van der Waals surface area contributed by atoms with E-state index in [0.717, 1.165) is 27.9 Å². The number of hydrogen-bond acceptors (Lipinski definition) is 3. The SMILES string of the molecule is CCn1cc(C(=O)N2CCc3[nH]c4ccc(F)cc4c3C2)c(=O)c2ccc(C)nc21. The number of rotatable bonds is 2. The van der Waals surface area contributed by atoms with Crippen LogP contribution in [0.5, 0.6) is 0 Å². The highest BCUT2D eigenvalue weighted by Gasteiger charge is 2.27. The van der Waals surface area contributed by atoms with Crippen LogP contribution in [0.4, 0.5) is 4.39 Å². The summed E-state index contributed by atoms with van der Waals surface area (Å²) in [6.45, 7) is 5.26. The highest BCUT2D eigenvalue weighted by molar-refractivity contribution is 5.97. The van der Waals surface area contributed by atoms with Gasteiger partial charge in [0.2, 0.25) is 5.43 Å². The smallest absolute Gasteiger partial charge is 0.259 e. The Morgan fingerprint density at radius 2 is 2.07 bits per heavy atom. The summed E-state index contributed by atoms with van der Waals surface area (Å²) in [6.07, 6.45) is 2.25. The Morgan fingerprint density at radius 3 is 2.87 bits per heavy atom. The minimum absolute atomic E-state index is 0.143. The molecule has 1 aliphatic rings. The number of amides is 1. The topological polar surface area (TPSA) is 71.0 Å². The lowest BCUT2D eigenvalue weighted by atomic mass is 10.0. The van der Waals surface area contributed by atoms with Gasteiger partial charge in [-0.3, -0.25) is 9.59 Å². The van der Waals surface area contributed by atoms with Crippen LogP contribution in [0, 0.1) is 12.7 Å². The van der Waals surface area contributed by atoms with Gasteiger partial charge in [0.15, 0.2) is 0 Å². The molecule has 4 heterocycles. The molecule has 1 aromatic carbocycles. The molecule has 0 fully saturated rings. The van der Waals surface area contributed by atoms with Gasteiger partial charge in [-0.25, -0.2) is 9.37 Å². The Labute approximate surface area is 172 Å². The molecule has 0 saturated heterocycles. The Bertz CT molecular complexity index is 1390. The number of aryl methyl sites for hydroxylation is 2. The molecular formula is C23H21FN4O2. The Hall–Kier alpha value is -3.48. The molecule has 152 valence electrons. The summed E-state index contributed by atoms with van der Waals surface area (Å²) in [5, 5.41) is 1.23. The van der Waals surface area contributed by atoms with E-state index >= 15 is 0 Å². The average Bonchev–Trinajstić information content (AvgIpc) is 3.10. The number of hydrogen-bond donors (Lipinski definition) is 1. The standard InChI is InChI=1S/C23H21FN4O2/c1-3-27-12-18(21(29)15-6-4-13(2)25-22(15)27)23(30)28-9-8-20-17(11-28)16-10-14(24)5-7-19(16)26-20/h4-7,10,12,26H,3,8-9,11H2,1-2H3. The molecule has 6 nitrogen and oxygen atoms in total. The van der Waals surface area contributed by atoms with Gasteiger partial charge in [0.1, 0.15) is 17.0 Å². The molecule has 0 unspecified atom stereocenters. The van der Waals surface area contributed by atoms with Crippen LogP contribution < -0.4 is 5.43 Å². The number of aromatic amines is 1. The number of fused-ring (bicyclic) bond motifs is 4. The van der Waals surface area contributed by atoms with Crippen molar-refractivity contribution in [3.05, 3.63) is 75.1 Å². The zero-order valence-electron chi connectivity index (χ0n) is 16.8. The third-order valence-electron chi connectivity index (χ3n) is 5.86. The van der Waals surface area contributed by atoms with Crippen LogP contribution in [-0.2, 0) is 19.5 Å². The van der Waals surface area contributed by atoms with Crippen molar-refractivity contribution in [1.82, 2.24) is 19.4 Å². The van der Waals surface area contributed by atoms with E-state index in [4.69, 9.17) is 0 Å². The zero-order chi connectivity index (χ0) is 21.0. The van der Waals surface area contributed by atoms with E-state index in [1.54, 1.807) is 29.3 Å². The maximum atomic E-state index is 13.8. The molecular weight excluding hydrogens is 383 g/mol. The molecule has 0 radical (unpaired) electrons. The number of benzene rings is 1. The van der Waals surface area contributed by atoms with E-state index in [0.29, 0.717) is 37.1 Å². The van der Waals surface area contributed by atoms with Crippen molar-refractivity contribution >= 4 is 27.8 Å². The maximum Gasteiger partial charge on any atom is 0.259 e. The second-order valence-corrected chi connectivity index (χ2v) is 7.73. The molecule has 0 spiro atoms. The van der Waals surface area contributed by atoms with Gasteiger partial charge in [0.25, 0.3) is 5.91 Å². The largest absolute Gasteiger partial charge is 0.358 e. The monoisotopic (exact) mass is 404 g/mol. The van der Waals surface area contributed by atoms with Crippen molar-refractivity contribution < 1.29 is 9.18 Å². The Morgan fingerprint density at radius 1 is 1.23 bits per heavy atom. The quantitative estimate of drug-likeness (QED) is 0.556. The molecule has 0 atom stereocenters. The Balaban J connectivity index is 1.57. The number of H-pyrrole nitrogens is 1. The van der Waals surface area contributed by atoms with Crippen molar-refractivity contribution in [2.75, 3.05) is 6.54 Å². The predicted molar refractivity (Wildman–Crippen MR) is 113 cm³/mol. The van der Waals surface area contributed by atoms with Gasteiger partial charge >= 0.3 is 0 Å². The first-order chi connectivity index (χ1) is 14.5. The number of carbonyl (C=O) groups is 1. The molecule has 4 aromatic rings. The minimum Gasteiger partial charge on any atom is -0.358 e. The summed E-state index contributed by atoms with van der Waals surface area (Å²) in [6, 6.07) is 8.15. The lowest BCUT2D eigenvalue weighted by Crippen LogP contribution is -2.38. The summed E-state index contributed by atoms with van der Waals surface area (Å²) in [7, 11) is 0. The fraction of sp³-hybridized carbons (Fsp3) is 0.261. The number of carbonyl (C=O) groups excluding carboxylic acids is 1. The molecule has 0 aliphatic carbocycles. The van der Waals surface area contributed by atoms with Crippen molar-refractivity contribution in [3.63, 3.8) is 0 Å². The van der Waals surface area contributed by atoms with Gasteiger partial charge in [-0.1, -0.05) is 0 Å². The molecule has 3 aromatic heterocycles. The fourth-order valence-corrected chi connectivity index (χ4v) is 4.28. The molecule has 1 amide bonds. The summed E-state index contributed by atoms with van der Waals surface area (Å²) in [4.78, 5) is 35.9. The second kappa shape index (κ2) is 6.79. The molecule has 1 aliphatic heterocycles. The first-order valence-corrected chi connectivity index (χ1v) is 10.1. The first kappa shape index (κ1) is 18.5. The highest BCUT2D eigenvalue weighted by atomic mass is 19.1. The van der Waals surface area contributed by atoms with E-state index in [-0.39, 0.29) is 22.7 Å². The van der Waals surface area contributed by atoms with Crippen molar-refractivity contribution in [1.29, 1.82) is 0 Å². The molecule has 0 bridgehead atoms. The summed E-state index contributed by atoms with van der Waals surface area (Å²) in [5.41, 5.74) is 4.04. The van der Waals surface area contributed by atoms with Crippen molar-refractivity contribution in [3.8, 4) is 0 Å². The lowest BCUT2D eigenvalue weighted by molar-refractivity contribution is 0.0733. The third kappa shape index (κ3) is 2.81. The number of nitrogens with zero attached hydrogens (tertiary/aromatic N) is 3. The zero-order valence-corrected chi connectivity index (χ0v) is 16.8. The number of aromatic nitrogens is 3. The summed E-state index contributed by atoms with van der Waals surface area (Å²) >= 11 is 0. The summed E-state index contributed by atoms with van der Waals surface area (Å²) in [5.74, 6) is -0.614. The van der Waals surface area contributed by atoms with Gasteiger partial charge in [0.05, 0.1) is 5.39 Å². The lowest BCUT2D eigenvalue weighted by Gasteiger charge is -2.27. The van der Waals surface area contributed by atoms with Crippen LogP contribution in [0.3, 0.4) is 0 Å². The van der Waals surface area contributed by atoms with Crippen LogP contribution in [-0.4, -0.2) is 31.9 Å². The van der Waals surface area contributed by atoms with Gasteiger partial charge in [-0.2, -0.15) is 0 Å². The fourth-order valence-electron chi connectivity index (χ4n) is 4.28. The number of halogens is 1. The minimum atomic E-state index is -0.309. The van der Waals surface area contributed by atoms with E-state index < -0.39 is 0 Å². The molecule has 1 N–H and O–H groups in total. The highest BCUT2D eigenvalue weighted by Crippen LogP contribution is 2.29. The van der Waals surface area contributed by atoms with Gasteiger partial charge in [0, 0.05) is 60.1 Å².